The molecule has 12 rings (SSSR count). The van der Waals surface area contributed by atoms with Gasteiger partial charge in [-0.05, 0) is 74.8 Å². The van der Waals surface area contributed by atoms with Crippen LogP contribution >= 0.6 is 0 Å². The second kappa shape index (κ2) is 11.8. The highest BCUT2D eigenvalue weighted by molar-refractivity contribution is 6.13. The zero-order valence-electron chi connectivity index (χ0n) is 30.3. The van der Waals surface area contributed by atoms with Crippen molar-refractivity contribution in [1.29, 1.82) is 0 Å². The van der Waals surface area contributed by atoms with Crippen LogP contribution in [0.3, 0.4) is 0 Å². The summed E-state index contributed by atoms with van der Waals surface area (Å²) in [6, 6.07) is 67.8. The molecular formula is C52H32N4. The molecule has 0 N–H and O–H groups in total. The molecule has 10 aromatic rings. The van der Waals surface area contributed by atoms with Gasteiger partial charge in [0.25, 0.3) is 0 Å². The molecule has 260 valence electrons. The minimum Gasteiger partial charge on any atom is -0.309 e. The molecule has 1 spiro atoms. The standard InChI is InChI=1S/C52H32N4/c1-2-14-34(15-3-1)45-32-46(55-51(54-45)44-24-10-11-31-53-44)35-29-27-33(28-30-35)36-18-12-22-42-49(36)39-17-4-6-20-40(39)52(42)41-21-7-9-26-48(41)56-47-25-8-5-16-37(47)38-19-13-23-43(52)50(38)56/h1-32H. The average Bonchev–Trinajstić information content (AvgIpc) is 3.78. The Bertz CT molecular complexity index is 3120. The van der Waals surface area contributed by atoms with E-state index in [1.54, 1.807) is 6.20 Å². The number of fused-ring (bicyclic) bond motifs is 12. The highest BCUT2D eigenvalue weighted by atomic mass is 15.0. The monoisotopic (exact) mass is 712 g/mol. The number of aromatic nitrogens is 4. The van der Waals surface area contributed by atoms with E-state index in [4.69, 9.17) is 9.97 Å². The molecular weight excluding hydrogens is 681 g/mol. The Morgan fingerprint density at radius 3 is 1.88 bits per heavy atom. The molecule has 1 aliphatic heterocycles. The molecule has 1 atom stereocenters. The van der Waals surface area contributed by atoms with E-state index < -0.39 is 5.41 Å². The number of pyridine rings is 1. The number of hydrogen-bond acceptors (Lipinski definition) is 3. The summed E-state index contributed by atoms with van der Waals surface area (Å²) in [5, 5.41) is 2.57. The summed E-state index contributed by atoms with van der Waals surface area (Å²) >= 11 is 0. The number of benzene rings is 7. The lowest BCUT2D eigenvalue weighted by Crippen LogP contribution is -2.33. The zero-order chi connectivity index (χ0) is 36.8. The Labute approximate surface area is 324 Å². The van der Waals surface area contributed by atoms with Gasteiger partial charge in [-0.15, -0.1) is 0 Å². The van der Waals surface area contributed by atoms with Crippen LogP contribution in [-0.2, 0) is 5.41 Å². The molecule has 4 nitrogen and oxygen atoms in total. The maximum atomic E-state index is 5.04. The van der Waals surface area contributed by atoms with E-state index >= 15 is 0 Å². The summed E-state index contributed by atoms with van der Waals surface area (Å²) in [4.78, 5) is 14.6. The van der Waals surface area contributed by atoms with Crippen molar-refractivity contribution in [2.24, 2.45) is 0 Å². The van der Waals surface area contributed by atoms with Crippen LogP contribution in [0.25, 0.3) is 83.8 Å². The number of nitrogens with zero attached hydrogens (tertiary/aromatic N) is 4. The van der Waals surface area contributed by atoms with Crippen molar-refractivity contribution < 1.29 is 0 Å². The van der Waals surface area contributed by atoms with Gasteiger partial charge in [-0.1, -0.05) is 158 Å². The van der Waals surface area contributed by atoms with Crippen molar-refractivity contribution in [3.63, 3.8) is 0 Å². The molecule has 7 aromatic carbocycles. The predicted octanol–water partition coefficient (Wildman–Crippen LogP) is 12.3. The van der Waals surface area contributed by atoms with Gasteiger partial charge in [0.15, 0.2) is 5.82 Å². The smallest absolute Gasteiger partial charge is 0.179 e. The lowest BCUT2D eigenvalue weighted by molar-refractivity contribution is 0.748. The first-order chi connectivity index (χ1) is 27.8. The summed E-state index contributed by atoms with van der Waals surface area (Å²) in [6.07, 6.45) is 1.79. The van der Waals surface area contributed by atoms with Crippen LogP contribution in [0, 0.1) is 0 Å². The van der Waals surface area contributed by atoms with Crippen molar-refractivity contribution in [3.05, 3.63) is 217 Å². The first kappa shape index (κ1) is 31.0. The first-order valence-corrected chi connectivity index (χ1v) is 19.1. The highest BCUT2D eigenvalue weighted by Gasteiger charge is 2.51. The Hall–Kier alpha value is -7.43. The Balaban J connectivity index is 1.06. The van der Waals surface area contributed by atoms with Crippen molar-refractivity contribution in [2.75, 3.05) is 0 Å². The van der Waals surface area contributed by atoms with Crippen molar-refractivity contribution >= 4 is 21.8 Å². The number of rotatable bonds is 4. The summed E-state index contributed by atoms with van der Waals surface area (Å²) in [5.74, 6) is 0.607. The van der Waals surface area contributed by atoms with Crippen LogP contribution < -0.4 is 0 Å². The lowest BCUT2D eigenvalue weighted by Gasteiger charge is -2.39. The molecule has 4 heteroatoms. The minimum atomic E-state index is -0.487. The third kappa shape index (κ3) is 4.21. The molecule has 56 heavy (non-hydrogen) atoms. The van der Waals surface area contributed by atoms with E-state index in [0.29, 0.717) is 5.82 Å². The second-order valence-electron chi connectivity index (χ2n) is 14.7. The lowest BCUT2D eigenvalue weighted by atomic mass is 9.65. The molecule has 0 saturated heterocycles. The summed E-state index contributed by atoms with van der Waals surface area (Å²) < 4.78 is 2.50. The third-order valence-corrected chi connectivity index (χ3v) is 11.9. The van der Waals surface area contributed by atoms with Gasteiger partial charge in [0.05, 0.1) is 33.5 Å². The fourth-order valence-corrected chi connectivity index (χ4v) is 9.63. The normalized spacial score (nSPS) is 14.9. The minimum absolute atomic E-state index is 0.487. The van der Waals surface area contributed by atoms with Gasteiger partial charge in [-0.3, -0.25) is 4.98 Å². The molecule has 0 amide bonds. The van der Waals surface area contributed by atoms with Crippen molar-refractivity contribution in [3.8, 4) is 62.0 Å². The van der Waals surface area contributed by atoms with Crippen LogP contribution in [0.1, 0.15) is 22.3 Å². The van der Waals surface area contributed by atoms with Crippen molar-refractivity contribution in [2.45, 2.75) is 5.41 Å². The maximum Gasteiger partial charge on any atom is 0.179 e. The Morgan fingerprint density at radius 1 is 0.411 bits per heavy atom. The topological polar surface area (TPSA) is 43.6 Å². The predicted molar refractivity (Wildman–Crippen MR) is 227 cm³/mol. The molecule has 0 fully saturated rings. The van der Waals surface area contributed by atoms with Gasteiger partial charge in [0.1, 0.15) is 5.69 Å². The van der Waals surface area contributed by atoms with Crippen LogP contribution in [-0.4, -0.2) is 19.5 Å². The largest absolute Gasteiger partial charge is 0.309 e. The van der Waals surface area contributed by atoms with E-state index in [1.807, 2.05) is 36.4 Å². The second-order valence-corrected chi connectivity index (χ2v) is 14.7. The summed E-state index contributed by atoms with van der Waals surface area (Å²) in [6.45, 7) is 0. The molecule has 4 heterocycles. The van der Waals surface area contributed by atoms with Gasteiger partial charge in [-0.2, -0.15) is 0 Å². The first-order valence-electron chi connectivity index (χ1n) is 19.1. The molecule has 0 bridgehead atoms. The van der Waals surface area contributed by atoms with Crippen molar-refractivity contribution in [1.82, 2.24) is 19.5 Å². The van der Waals surface area contributed by atoms with Crippen LogP contribution in [0.2, 0.25) is 0 Å². The Morgan fingerprint density at radius 2 is 1.04 bits per heavy atom. The summed E-state index contributed by atoms with van der Waals surface area (Å²) in [7, 11) is 0. The van der Waals surface area contributed by atoms with Crippen LogP contribution in [0.15, 0.2) is 194 Å². The Kier molecular flexibility index (Phi) is 6.52. The fourth-order valence-electron chi connectivity index (χ4n) is 9.63. The third-order valence-electron chi connectivity index (χ3n) is 11.9. The maximum absolute atomic E-state index is 5.04. The van der Waals surface area contributed by atoms with Gasteiger partial charge >= 0.3 is 0 Å². The quantitative estimate of drug-likeness (QED) is 0.182. The van der Waals surface area contributed by atoms with E-state index in [1.165, 1.54) is 66.4 Å². The molecule has 1 aliphatic carbocycles. The van der Waals surface area contributed by atoms with Gasteiger partial charge in [0.2, 0.25) is 0 Å². The average molecular weight is 713 g/mol. The number of hydrogen-bond donors (Lipinski definition) is 0. The molecule has 2 aliphatic rings. The van der Waals surface area contributed by atoms with E-state index in [9.17, 15) is 0 Å². The van der Waals surface area contributed by atoms with Crippen LogP contribution in [0.5, 0.6) is 0 Å². The van der Waals surface area contributed by atoms with Gasteiger partial charge in [0, 0.05) is 28.1 Å². The number of para-hydroxylation sites is 3. The zero-order valence-corrected chi connectivity index (χ0v) is 30.3. The van der Waals surface area contributed by atoms with Gasteiger partial charge < -0.3 is 4.57 Å². The summed E-state index contributed by atoms with van der Waals surface area (Å²) in [5.41, 5.74) is 18.0. The van der Waals surface area contributed by atoms with E-state index in [-0.39, 0.29) is 0 Å². The van der Waals surface area contributed by atoms with Crippen LogP contribution in [0.4, 0.5) is 0 Å². The van der Waals surface area contributed by atoms with E-state index in [2.05, 4.69) is 161 Å². The molecule has 3 aromatic heterocycles. The molecule has 0 radical (unpaired) electrons. The van der Waals surface area contributed by atoms with Gasteiger partial charge in [-0.25, -0.2) is 9.97 Å². The highest BCUT2D eigenvalue weighted by Crippen LogP contribution is 2.62. The van der Waals surface area contributed by atoms with E-state index in [0.717, 1.165) is 33.8 Å². The fraction of sp³-hybridized carbons (Fsp3) is 0.0192. The SMILES string of the molecule is c1ccc(-c2cc(-c3ccc(-c4cccc5c4-c4ccccc4C54c5ccccc5-n5c6ccccc6c6cccc4c65)cc3)nc(-c3ccccn3)n2)cc1. The molecule has 0 saturated carbocycles. The molecule has 1 unspecified atom stereocenters.